The van der Waals surface area contributed by atoms with E-state index in [1.54, 1.807) is 0 Å². The summed E-state index contributed by atoms with van der Waals surface area (Å²) in [6.07, 6.45) is 7.23. The van der Waals surface area contributed by atoms with Crippen LogP contribution in [0, 0.1) is 6.92 Å². The zero-order valence-electron chi connectivity index (χ0n) is 17.3. The van der Waals surface area contributed by atoms with Gasteiger partial charge in [0.25, 0.3) is 11.8 Å². The van der Waals surface area contributed by atoms with Gasteiger partial charge in [-0.2, -0.15) is 4.98 Å². The Kier molecular flexibility index (Phi) is 4.66. The Balaban J connectivity index is 1.44. The minimum Gasteiger partial charge on any atom is -0.365 e. The Morgan fingerprint density at radius 1 is 1.33 bits per heavy atom. The molecule has 0 unspecified atom stereocenters. The first kappa shape index (κ1) is 19.0. The molecule has 0 spiro atoms. The van der Waals surface area contributed by atoms with Crippen molar-refractivity contribution in [3.8, 4) is 23.0 Å². The summed E-state index contributed by atoms with van der Waals surface area (Å²) in [6.45, 7) is 5.69. The van der Waals surface area contributed by atoms with E-state index >= 15 is 0 Å². The number of rotatable bonds is 3. The summed E-state index contributed by atoms with van der Waals surface area (Å²) >= 11 is 0. The Labute approximate surface area is 174 Å². The van der Waals surface area contributed by atoms with E-state index in [4.69, 9.17) is 9.26 Å². The average molecular weight is 407 g/mol. The van der Waals surface area contributed by atoms with E-state index < -0.39 is 5.60 Å². The fourth-order valence-electron chi connectivity index (χ4n) is 4.45. The molecule has 30 heavy (non-hydrogen) atoms. The number of fused-ring (bicyclic) bond motifs is 1. The molecule has 0 saturated carbocycles. The fraction of sp³-hybridized carbons (Fsp3) is 0.455. The van der Waals surface area contributed by atoms with Gasteiger partial charge in [0.15, 0.2) is 0 Å². The van der Waals surface area contributed by atoms with Gasteiger partial charge in [-0.1, -0.05) is 5.16 Å². The van der Waals surface area contributed by atoms with Crippen LogP contribution in [-0.4, -0.2) is 49.7 Å². The van der Waals surface area contributed by atoms with Gasteiger partial charge in [-0.25, -0.2) is 0 Å². The molecule has 0 aliphatic carbocycles. The normalized spacial score (nSPS) is 21.5. The van der Waals surface area contributed by atoms with Crippen LogP contribution in [0.25, 0.3) is 23.0 Å². The molecule has 1 N–H and O–H groups in total. The van der Waals surface area contributed by atoms with E-state index in [9.17, 15) is 4.79 Å². The van der Waals surface area contributed by atoms with Crippen molar-refractivity contribution in [1.29, 1.82) is 0 Å². The van der Waals surface area contributed by atoms with Gasteiger partial charge in [0, 0.05) is 43.3 Å². The minimum absolute atomic E-state index is 0.0727. The lowest BCUT2D eigenvalue weighted by molar-refractivity contribution is -0.162. The predicted molar refractivity (Wildman–Crippen MR) is 109 cm³/mol. The summed E-state index contributed by atoms with van der Waals surface area (Å²) in [4.78, 5) is 27.3. The van der Waals surface area contributed by atoms with Gasteiger partial charge in [0.05, 0.1) is 0 Å². The third-order valence-corrected chi connectivity index (χ3v) is 6.14. The van der Waals surface area contributed by atoms with Gasteiger partial charge in [0.1, 0.15) is 11.3 Å². The maximum Gasteiger partial charge on any atom is 0.274 e. The van der Waals surface area contributed by atoms with Gasteiger partial charge in [-0.05, 0) is 62.8 Å². The number of nitrogens with zero attached hydrogens (tertiary/aromatic N) is 4. The fourth-order valence-corrected chi connectivity index (χ4v) is 4.45. The SMILES string of the molecule is Cc1ncc2c(c1-c1noc(-c3ccc[nH]3)n1)CCN(C(=O)[C@@]1(C)CCCCO1)C2. The number of carbonyl (C=O) groups excluding carboxylic acids is 1. The van der Waals surface area contributed by atoms with Crippen LogP contribution < -0.4 is 0 Å². The molecule has 3 aromatic rings. The molecule has 8 nitrogen and oxygen atoms in total. The molecular formula is C22H25N5O3. The summed E-state index contributed by atoms with van der Waals surface area (Å²) in [5.41, 5.74) is 3.99. The molecule has 0 bridgehead atoms. The zero-order chi connectivity index (χ0) is 20.7. The lowest BCUT2D eigenvalue weighted by Gasteiger charge is -2.39. The average Bonchev–Trinajstić information content (AvgIpc) is 3.45. The standard InChI is InChI=1S/C22H25N5O3/c1-14-18(19-25-20(30-26-19)17-6-5-9-23-17)16-7-10-27(13-15(16)12-24-14)21(28)22(2)8-3-4-11-29-22/h5-6,9,12,23H,3-4,7-8,10-11,13H2,1-2H3/t22-/m1/s1. The van der Waals surface area contributed by atoms with Crippen molar-refractivity contribution in [3.63, 3.8) is 0 Å². The number of amides is 1. The number of ether oxygens (including phenoxy) is 1. The van der Waals surface area contributed by atoms with Crippen LogP contribution in [0.2, 0.25) is 0 Å². The third-order valence-electron chi connectivity index (χ3n) is 6.14. The zero-order valence-corrected chi connectivity index (χ0v) is 17.3. The van der Waals surface area contributed by atoms with Crippen LogP contribution in [0.5, 0.6) is 0 Å². The Bertz CT molecular complexity index is 1070. The number of aromatic nitrogens is 4. The van der Waals surface area contributed by atoms with Crippen molar-refractivity contribution in [2.45, 2.75) is 51.7 Å². The highest BCUT2D eigenvalue weighted by Gasteiger charge is 2.40. The molecule has 8 heteroatoms. The summed E-state index contributed by atoms with van der Waals surface area (Å²) < 4.78 is 11.3. The Hall–Kier alpha value is -3.00. The lowest BCUT2D eigenvalue weighted by atomic mass is 9.91. The van der Waals surface area contributed by atoms with Gasteiger partial charge < -0.3 is 19.1 Å². The van der Waals surface area contributed by atoms with E-state index in [0.717, 1.165) is 53.8 Å². The van der Waals surface area contributed by atoms with E-state index in [2.05, 4.69) is 20.1 Å². The monoisotopic (exact) mass is 407 g/mol. The highest BCUT2D eigenvalue weighted by Crippen LogP contribution is 2.34. The molecule has 2 aliphatic heterocycles. The molecular weight excluding hydrogens is 382 g/mol. The summed E-state index contributed by atoms with van der Waals surface area (Å²) in [7, 11) is 0. The first-order valence-corrected chi connectivity index (χ1v) is 10.4. The molecule has 1 fully saturated rings. The quantitative estimate of drug-likeness (QED) is 0.716. The van der Waals surface area contributed by atoms with Crippen LogP contribution in [0.3, 0.4) is 0 Å². The van der Waals surface area contributed by atoms with Crippen LogP contribution in [0.1, 0.15) is 43.0 Å². The van der Waals surface area contributed by atoms with E-state index in [1.165, 1.54) is 0 Å². The van der Waals surface area contributed by atoms with Crippen LogP contribution in [-0.2, 0) is 22.5 Å². The van der Waals surface area contributed by atoms with E-state index in [-0.39, 0.29) is 5.91 Å². The first-order valence-electron chi connectivity index (χ1n) is 10.4. The molecule has 2 aliphatic rings. The summed E-state index contributed by atoms with van der Waals surface area (Å²) in [6, 6.07) is 3.78. The number of hydrogen-bond acceptors (Lipinski definition) is 6. The van der Waals surface area contributed by atoms with Crippen molar-refractivity contribution in [2.24, 2.45) is 0 Å². The van der Waals surface area contributed by atoms with Crippen molar-refractivity contribution >= 4 is 5.91 Å². The molecule has 156 valence electrons. The Morgan fingerprint density at radius 3 is 3.00 bits per heavy atom. The topological polar surface area (TPSA) is 97.1 Å². The van der Waals surface area contributed by atoms with E-state index in [0.29, 0.717) is 31.4 Å². The van der Waals surface area contributed by atoms with Crippen molar-refractivity contribution in [1.82, 2.24) is 25.0 Å². The number of aryl methyl sites for hydroxylation is 1. The molecule has 0 radical (unpaired) electrons. The number of nitrogens with one attached hydrogen (secondary N) is 1. The summed E-state index contributed by atoms with van der Waals surface area (Å²) in [5, 5.41) is 4.20. The van der Waals surface area contributed by atoms with Crippen LogP contribution >= 0.6 is 0 Å². The highest BCUT2D eigenvalue weighted by molar-refractivity contribution is 5.85. The van der Waals surface area contributed by atoms with Gasteiger partial charge in [0.2, 0.25) is 5.82 Å². The number of hydrogen-bond donors (Lipinski definition) is 1. The predicted octanol–water partition coefficient (Wildman–Crippen LogP) is 3.28. The maximum absolute atomic E-state index is 13.2. The molecule has 5 rings (SSSR count). The lowest BCUT2D eigenvalue weighted by Crippen LogP contribution is -2.51. The van der Waals surface area contributed by atoms with Gasteiger partial charge in [-0.15, -0.1) is 0 Å². The van der Waals surface area contributed by atoms with E-state index in [1.807, 2.05) is 43.3 Å². The number of carbonyl (C=O) groups is 1. The second kappa shape index (κ2) is 7.36. The molecule has 5 heterocycles. The largest absolute Gasteiger partial charge is 0.365 e. The first-order chi connectivity index (χ1) is 14.5. The second-order valence-electron chi connectivity index (χ2n) is 8.24. The molecule has 3 aromatic heterocycles. The number of pyridine rings is 1. The number of aromatic amines is 1. The molecule has 1 amide bonds. The minimum atomic E-state index is -0.713. The Morgan fingerprint density at radius 2 is 2.23 bits per heavy atom. The smallest absolute Gasteiger partial charge is 0.274 e. The molecule has 1 saturated heterocycles. The highest BCUT2D eigenvalue weighted by atomic mass is 16.5. The number of H-pyrrole nitrogens is 1. The summed E-state index contributed by atoms with van der Waals surface area (Å²) in [5.74, 6) is 1.05. The van der Waals surface area contributed by atoms with Crippen molar-refractivity contribution < 1.29 is 14.1 Å². The van der Waals surface area contributed by atoms with Crippen molar-refractivity contribution in [2.75, 3.05) is 13.2 Å². The van der Waals surface area contributed by atoms with Gasteiger partial charge in [-0.3, -0.25) is 9.78 Å². The van der Waals surface area contributed by atoms with Crippen molar-refractivity contribution in [3.05, 3.63) is 41.3 Å². The van der Waals surface area contributed by atoms with Gasteiger partial charge >= 0.3 is 0 Å². The molecule has 0 aromatic carbocycles. The van der Waals surface area contributed by atoms with Crippen LogP contribution in [0.15, 0.2) is 29.0 Å². The molecule has 1 atom stereocenters. The van der Waals surface area contributed by atoms with Crippen LogP contribution in [0.4, 0.5) is 0 Å². The maximum atomic E-state index is 13.2. The third kappa shape index (κ3) is 3.21. The second-order valence-corrected chi connectivity index (χ2v) is 8.24.